The van der Waals surface area contributed by atoms with Crippen molar-refractivity contribution in [2.24, 2.45) is 13.0 Å². The van der Waals surface area contributed by atoms with Gasteiger partial charge in [-0.2, -0.15) is 0 Å². The summed E-state index contributed by atoms with van der Waals surface area (Å²) in [5.74, 6) is 0.925. The average molecular weight is 513 g/mol. The minimum Gasteiger partial charge on any atom is -0.465 e. The number of methoxy groups -OCH3 is 1. The molecule has 0 saturated carbocycles. The molecule has 1 aliphatic carbocycles. The van der Waals surface area contributed by atoms with E-state index in [2.05, 4.69) is 40.0 Å². The van der Waals surface area contributed by atoms with Gasteiger partial charge in [0.2, 0.25) is 5.91 Å². The maximum absolute atomic E-state index is 12.8. The van der Waals surface area contributed by atoms with Crippen LogP contribution in [0.2, 0.25) is 0 Å². The lowest BCUT2D eigenvalue weighted by atomic mass is 9.88. The Bertz CT molecular complexity index is 1390. The first-order valence-corrected chi connectivity index (χ1v) is 13.7. The van der Waals surface area contributed by atoms with Crippen LogP contribution in [0.5, 0.6) is 0 Å². The average Bonchev–Trinajstić information content (AvgIpc) is 3.51. The van der Waals surface area contributed by atoms with Gasteiger partial charge in [0.05, 0.1) is 18.4 Å². The van der Waals surface area contributed by atoms with Gasteiger partial charge in [0.1, 0.15) is 5.00 Å². The maximum atomic E-state index is 12.8. The van der Waals surface area contributed by atoms with E-state index < -0.39 is 5.97 Å². The molecule has 1 atom stereocenters. The summed E-state index contributed by atoms with van der Waals surface area (Å²) in [6.07, 6.45) is 2.79. The third kappa shape index (κ3) is 4.25. The van der Waals surface area contributed by atoms with Crippen LogP contribution >= 0.6 is 34.4 Å². The number of hydrogen-bond donors (Lipinski definition) is 1. The molecular formula is C24H24N4O3S3. The number of carbonyl (C=O) groups is 2. The summed E-state index contributed by atoms with van der Waals surface area (Å²) in [5.41, 5.74) is 2.57. The standard InChI is InChI=1S/C24H24N4O3S3/c1-13-8-9-15-18(10-13)34-22(20(15)23(30)31-3)25-19(29)12-33-24-27-26-21(28(24)2)16-11-32-17-7-5-4-6-14(16)17/h4-7,11,13H,8-10,12H2,1-3H3,(H,25,29). The lowest BCUT2D eigenvalue weighted by Gasteiger charge is -2.18. The quantitative estimate of drug-likeness (QED) is 0.275. The summed E-state index contributed by atoms with van der Waals surface area (Å²) >= 11 is 4.49. The van der Waals surface area contributed by atoms with Gasteiger partial charge in [-0.3, -0.25) is 4.79 Å². The minimum atomic E-state index is -0.393. The summed E-state index contributed by atoms with van der Waals surface area (Å²) in [4.78, 5) is 26.5. The van der Waals surface area contributed by atoms with Gasteiger partial charge in [0, 0.05) is 33.0 Å². The number of hydrogen-bond acceptors (Lipinski definition) is 8. The molecule has 4 aromatic rings. The van der Waals surface area contributed by atoms with Crippen molar-refractivity contribution in [1.82, 2.24) is 14.8 Å². The fraction of sp³-hybridized carbons (Fsp3) is 0.333. The fourth-order valence-corrected chi connectivity index (χ4v) is 7.34. The highest BCUT2D eigenvalue weighted by molar-refractivity contribution is 7.99. The Labute approximate surface area is 209 Å². The number of thioether (sulfide) groups is 1. The second-order valence-electron chi connectivity index (χ2n) is 8.40. The molecule has 0 spiro atoms. The molecule has 0 aliphatic heterocycles. The number of aromatic nitrogens is 3. The fourth-order valence-electron chi connectivity index (χ4n) is 4.28. The first-order valence-electron chi connectivity index (χ1n) is 11.0. The summed E-state index contributed by atoms with van der Waals surface area (Å²) in [5, 5.41) is 16.1. The molecule has 7 nitrogen and oxygen atoms in total. The van der Waals surface area contributed by atoms with Crippen LogP contribution in [0.15, 0.2) is 34.8 Å². The molecule has 0 bridgehead atoms. The van der Waals surface area contributed by atoms with E-state index in [9.17, 15) is 9.59 Å². The molecule has 0 radical (unpaired) electrons. The molecule has 1 aliphatic rings. The van der Waals surface area contributed by atoms with Gasteiger partial charge >= 0.3 is 5.97 Å². The first-order chi connectivity index (χ1) is 16.5. The molecule has 1 aromatic carbocycles. The van der Waals surface area contributed by atoms with Crippen molar-refractivity contribution in [3.63, 3.8) is 0 Å². The van der Waals surface area contributed by atoms with E-state index in [0.717, 1.165) is 41.6 Å². The number of nitrogens with zero attached hydrogens (tertiary/aromatic N) is 3. The van der Waals surface area contributed by atoms with Gasteiger partial charge in [-0.15, -0.1) is 32.9 Å². The molecule has 3 aromatic heterocycles. The zero-order chi connectivity index (χ0) is 23.8. The number of amides is 1. The number of ether oxygens (including phenoxy) is 1. The predicted octanol–water partition coefficient (Wildman–Crippen LogP) is 5.40. The zero-order valence-electron chi connectivity index (χ0n) is 19.1. The lowest BCUT2D eigenvalue weighted by Crippen LogP contribution is -2.17. The Morgan fingerprint density at radius 2 is 2.12 bits per heavy atom. The molecule has 176 valence electrons. The van der Waals surface area contributed by atoms with Crippen molar-refractivity contribution < 1.29 is 14.3 Å². The van der Waals surface area contributed by atoms with Crippen LogP contribution in [0.4, 0.5) is 5.00 Å². The molecule has 5 rings (SSSR count). The van der Waals surface area contributed by atoms with Crippen molar-refractivity contribution in [2.45, 2.75) is 31.3 Å². The lowest BCUT2D eigenvalue weighted by molar-refractivity contribution is -0.113. The van der Waals surface area contributed by atoms with Crippen LogP contribution in [-0.2, 0) is 29.4 Å². The van der Waals surface area contributed by atoms with Crippen LogP contribution in [-0.4, -0.2) is 39.5 Å². The summed E-state index contributed by atoms with van der Waals surface area (Å²) in [6.45, 7) is 2.21. The zero-order valence-corrected chi connectivity index (χ0v) is 21.5. The Morgan fingerprint density at radius 1 is 1.29 bits per heavy atom. The van der Waals surface area contributed by atoms with E-state index in [0.29, 0.717) is 21.6 Å². The highest BCUT2D eigenvalue weighted by atomic mass is 32.2. The van der Waals surface area contributed by atoms with E-state index in [1.807, 2.05) is 23.7 Å². The highest BCUT2D eigenvalue weighted by Crippen LogP contribution is 2.40. The first kappa shape index (κ1) is 23.1. The van der Waals surface area contributed by atoms with Gasteiger partial charge < -0.3 is 14.6 Å². The van der Waals surface area contributed by atoms with Crippen LogP contribution in [0.1, 0.15) is 34.1 Å². The van der Waals surface area contributed by atoms with Gasteiger partial charge in [-0.25, -0.2) is 4.79 Å². The van der Waals surface area contributed by atoms with Gasteiger partial charge in [0.15, 0.2) is 11.0 Å². The SMILES string of the molecule is COC(=O)c1c(NC(=O)CSc2nnc(-c3csc4ccccc34)n2C)sc2c1CCC(C)C2. The number of benzene rings is 1. The molecule has 0 fully saturated rings. The Kier molecular flexibility index (Phi) is 6.46. The monoisotopic (exact) mass is 512 g/mol. The number of thiophene rings is 2. The molecular weight excluding hydrogens is 488 g/mol. The van der Waals surface area contributed by atoms with Crippen LogP contribution < -0.4 is 5.32 Å². The van der Waals surface area contributed by atoms with E-state index >= 15 is 0 Å². The van der Waals surface area contributed by atoms with E-state index in [1.165, 1.54) is 39.8 Å². The number of fused-ring (bicyclic) bond motifs is 2. The minimum absolute atomic E-state index is 0.163. The van der Waals surface area contributed by atoms with Crippen molar-refractivity contribution in [3.05, 3.63) is 45.6 Å². The second-order valence-corrected chi connectivity index (χ2v) is 11.4. The molecule has 34 heavy (non-hydrogen) atoms. The highest BCUT2D eigenvalue weighted by Gasteiger charge is 2.29. The van der Waals surface area contributed by atoms with Crippen molar-refractivity contribution in [3.8, 4) is 11.4 Å². The second kappa shape index (κ2) is 9.52. The summed E-state index contributed by atoms with van der Waals surface area (Å²) in [7, 11) is 3.29. The Hall–Kier alpha value is -2.69. The number of carbonyl (C=O) groups excluding carboxylic acids is 2. The van der Waals surface area contributed by atoms with Crippen molar-refractivity contribution in [2.75, 3.05) is 18.2 Å². The van der Waals surface area contributed by atoms with Crippen molar-refractivity contribution in [1.29, 1.82) is 0 Å². The predicted molar refractivity (Wildman–Crippen MR) is 138 cm³/mol. The largest absolute Gasteiger partial charge is 0.465 e. The summed E-state index contributed by atoms with van der Waals surface area (Å²) in [6, 6.07) is 8.21. The Balaban J connectivity index is 1.31. The summed E-state index contributed by atoms with van der Waals surface area (Å²) < 4.78 is 8.13. The van der Waals surface area contributed by atoms with Crippen LogP contribution in [0.3, 0.4) is 0 Å². The number of rotatable bonds is 6. The molecule has 1 N–H and O–H groups in total. The number of esters is 1. The topological polar surface area (TPSA) is 86.1 Å². The van der Waals surface area contributed by atoms with E-state index in [-0.39, 0.29) is 11.7 Å². The number of anilines is 1. The third-order valence-electron chi connectivity index (χ3n) is 6.04. The molecule has 10 heteroatoms. The van der Waals surface area contributed by atoms with E-state index in [4.69, 9.17) is 4.74 Å². The Morgan fingerprint density at radius 3 is 2.94 bits per heavy atom. The number of nitrogens with one attached hydrogen (secondary N) is 1. The molecule has 0 saturated heterocycles. The molecule has 1 unspecified atom stereocenters. The maximum Gasteiger partial charge on any atom is 0.341 e. The third-order valence-corrected chi connectivity index (χ3v) is 9.20. The molecule has 1 amide bonds. The van der Waals surface area contributed by atoms with Gasteiger partial charge in [-0.05, 0) is 36.8 Å². The van der Waals surface area contributed by atoms with Crippen LogP contribution in [0.25, 0.3) is 21.5 Å². The van der Waals surface area contributed by atoms with Gasteiger partial charge in [0.25, 0.3) is 0 Å². The van der Waals surface area contributed by atoms with Crippen LogP contribution in [0, 0.1) is 5.92 Å². The normalized spacial score (nSPS) is 15.3. The molecule has 3 heterocycles. The smallest absolute Gasteiger partial charge is 0.341 e. The van der Waals surface area contributed by atoms with Gasteiger partial charge in [-0.1, -0.05) is 36.9 Å². The van der Waals surface area contributed by atoms with E-state index in [1.54, 1.807) is 11.3 Å². The van der Waals surface area contributed by atoms with Crippen molar-refractivity contribution >= 4 is 61.4 Å².